The van der Waals surface area contributed by atoms with E-state index in [1.807, 2.05) is 0 Å². The molecular weight excluding hydrogens is 385 g/mol. The highest BCUT2D eigenvalue weighted by Gasteiger charge is 2.31. The van der Waals surface area contributed by atoms with Crippen molar-refractivity contribution in [2.24, 2.45) is 0 Å². The Hall–Kier alpha value is -2.75. The number of rotatable bonds is 6. The van der Waals surface area contributed by atoms with E-state index in [1.165, 1.54) is 12.1 Å². The molecule has 0 radical (unpaired) electrons. The summed E-state index contributed by atoms with van der Waals surface area (Å²) in [5.41, 5.74) is 0.165. The van der Waals surface area contributed by atoms with Crippen LogP contribution in [0.25, 0.3) is 0 Å². The van der Waals surface area contributed by atoms with E-state index in [9.17, 15) is 26.4 Å². The standard InChI is InChI=1S/C17H17F3N2O4S/c1-11(2)21-16(23)14-5-3-4-6-15(14)22-27(24,25)13-9-7-12(8-10-13)26-17(18,19)20/h3-11,22H,1-2H3,(H,21,23). The van der Waals surface area contributed by atoms with Crippen LogP contribution in [0.5, 0.6) is 5.75 Å². The quantitative estimate of drug-likeness (QED) is 0.774. The maximum Gasteiger partial charge on any atom is 0.573 e. The summed E-state index contributed by atoms with van der Waals surface area (Å²) < 4.78 is 67.5. The molecule has 2 rings (SSSR count). The number of amides is 1. The summed E-state index contributed by atoms with van der Waals surface area (Å²) in [6, 6.07) is 9.56. The summed E-state index contributed by atoms with van der Waals surface area (Å²) >= 11 is 0. The molecule has 2 N–H and O–H groups in total. The van der Waals surface area contributed by atoms with Crippen molar-refractivity contribution >= 4 is 21.6 Å². The Balaban J connectivity index is 2.25. The molecule has 2 aromatic carbocycles. The van der Waals surface area contributed by atoms with Crippen molar-refractivity contribution in [2.45, 2.75) is 31.1 Å². The topological polar surface area (TPSA) is 84.5 Å². The lowest BCUT2D eigenvalue weighted by Gasteiger charge is -2.14. The van der Waals surface area contributed by atoms with E-state index >= 15 is 0 Å². The molecule has 0 bridgehead atoms. The third kappa shape index (κ3) is 5.88. The molecule has 0 atom stereocenters. The summed E-state index contributed by atoms with van der Waals surface area (Å²) in [6.07, 6.45) is -4.87. The van der Waals surface area contributed by atoms with Crippen LogP contribution in [0, 0.1) is 0 Å². The summed E-state index contributed by atoms with van der Waals surface area (Å²) in [5.74, 6) is -1.00. The minimum atomic E-state index is -4.87. The maximum absolute atomic E-state index is 12.5. The molecule has 0 spiro atoms. The smallest absolute Gasteiger partial charge is 0.406 e. The van der Waals surface area contributed by atoms with Crippen LogP contribution in [0.1, 0.15) is 24.2 Å². The van der Waals surface area contributed by atoms with E-state index in [4.69, 9.17) is 0 Å². The zero-order valence-electron chi connectivity index (χ0n) is 14.4. The number of ether oxygens (including phenoxy) is 1. The SMILES string of the molecule is CC(C)NC(=O)c1ccccc1NS(=O)(=O)c1ccc(OC(F)(F)F)cc1. The molecule has 6 nitrogen and oxygen atoms in total. The van der Waals surface area contributed by atoms with E-state index in [0.29, 0.717) is 0 Å². The van der Waals surface area contributed by atoms with Crippen LogP contribution < -0.4 is 14.8 Å². The Labute approximate surface area is 154 Å². The zero-order valence-corrected chi connectivity index (χ0v) is 15.2. The van der Waals surface area contributed by atoms with Crippen LogP contribution in [0.4, 0.5) is 18.9 Å². The second-order valence-corrected chi connectivity index (χ2v) is 7.48. The number of para-hydroxylation sites is 1. The van der Waals surface area contributed by atoms with E-state index in [-0.39, 0.29) is 22.2 Å². The lowest BCUT2D eigenvalue weighted by atomic mass is 10.1. The van der Waals surface area contributed by atoms with Crippen molar-refractivity contribution in [2.75, 3.05) is 4.72 Å². The Morgan fingerprint density at radius 2 is 1.63 bits per heavy atom. The number of alkyl halides is 3. The molecule has 0 aliphatic heterocycles. The number of hydrogen-bond donors (Lipinski definition) is 2. The van der Waals surface area contributed by atoms with Gasteiger partial charge in [0.25, 0.3) is 15.9 Å². The molecule has 10 heteroatoms. The predicted molar refractivity (Wildman–Crippen MR) is 93.0 cm³/mol. The molecule has 27 heavy (non-hydrogen) atoms. The van der Waals surface area contributed by atoms with Gasteiger partial charge in [0.05, 0.1) is 16.1 Å². The highest BCUT2D eigenvalue weighted by atomic mass is 32.2. The van der Waals surface area contributed by atoms with Crippen molar-refractivity contribution in [3.05, 3.63) is 54.1 Å². The number of nitrogens with one attached hydrogen (secondary N) is 2. The first kappa shape index (κ1) is 20.6. The monoisotopic (exact) mass is 402 g/mol. The van der Waals surface area contributed by atoms with Crippen molar-refractivity contribution in [1.82, 2.24) is 5.32 Å². The lowest BCUT2D eigenvalue weighted by Crippen LogP contribution is -2.31. The fourth-order valence-electron chi connectivity index (χ4n) is 2.13. The van der Waals surface area contributed by atoms with Crippen LogP contribution >= 0.6 is 0 Å². The summed E-state index contributed by atoms with van der Waals surface area (Å²) in [6.45, 7) is 3.52. The van der Waals surface area contributed by atoms with Crippen LogP contribution in [-0.2, 0) is 10.0 Å². The Morgan fingerprint density at radius 1 is 1.04 bits per heavy atom. The Bertz CT molecular complexity index is 911. The van der Waals surface area contributed by atoms with E-state index in [1.54, 1.807) is 26.0 Å². The molecule has 2 aromatic rings. The van der Waals surface area contributed by atoms with Gasteiger partial charge < -0.3 is 10.1 Å². The van der Waals surface area contributed by atoms with Gasteiger partial charge in [-0.05, 0) is 50.2 Å². The number of halogens is 3. The van der Waals surface area contributed by atoms with Gasteiger partial charge in [0.2, 0.25) is 0 Å². The molecule has 1 amide bonds. The second kappa shape index (κ2) is 7.87. The van der Waals surface area contributed by atoms with Crippen LogP contribution in [0.2, 0.25) is 0 Å². The van der Waals surface area contributed by atoms with Gasteiger partial charge in [0.1, 0.15) is 5.75 Å². The first-order valence-corrected chi connectivity index (χ1v) is 9.25. The molecule has 146 valence electrons. The number of carbonyl (C=O) groups is 1. The van der Waals surface area contributed by atoms with Crippen molar-refractivity contribution in [3.8, 4) is 5.75 Å². The average Bonchev–Trinajstić information content (AvgIpc) is 2.53. The van der Waals surface area contributed by atoms with Gasteiger partial charge in [-0.1, -0.05) is 12.1 Å². The summed E-state index contributed by atoms with van der Waals surface area (Å²) in [4.78, 5) is 11.9. The fourth-order valence-corrected chi connectivity index (χ4v) is 3.21. The average molecular weight is 402 g/mol. The molecule has 0 saturated heterocycles. The predicted octanol–water partition coefficient (Wildman–Crippen LogP) is 3.52. The van der Waals surface area contributed by atoms with Crippen molar-refractivity contribution < 1.29 is 31.1 Å². The molecule has 0 saturated carbocycles. The molecule has 0 aliphatic carbocycles. The number of benzene rings is 2. The molecule has 0 fully saturated rings. The van der Waals surface area contributed by atoms with Crippen molar-refractivity contribution in [3.63, 3.8) is 0 Å². The van der Waals surface area contributed by atoms with Gasteiger partial charge in [-0.25, -0.2) is 8.42 Å². The largest absolute Gasteiger partial charge is 0.573 e. The first-order chi connectivity index (χ1) is 12.5. The van der Waals surface area contributed by atoms with Gasteiger partial charge in [-0.15, -0.1) is 13.2 Å². The Kier molecular flexibility index (Phi) is 5.99. The van der Waals surface area contributed by atoms with Crippen molar-refractivity contribution in [1.29, 1.82) is 0 Å². The highest BCUT2D eigenvalue weighted by Crippen LogP contribution is 2.25. The second-order valence-electron chi connectivity index (χ2n) is 5.80. The fraction of sp³-hybridized carbons (Fsp3) is 0.235. The van der Waals surface area contributed by atoms with Gasteiger partial charge >= 0.3 is 6.36 Å². The third-order valence-corrected chi connectivity index (χ3v) is 4.58. The minimum absolute atomic E-state index is 0.0475. The molecule has 0 heterocycles. The lowest BCUT2D eigenvalue weighted by molar-refractivity contribution is -0.274. The third-order valence-electron chi connectivity index (χ3n) is 3.20. The number of sulfonamides is 1. The number of anilines is 1. The maximum atomic E-state index is 12.5. The van der Waals surface area contributed by atoms with Crippen LogP contribution in [0.15, 0.2) is 53.4 Å². The minimum Gasteiger partial charge on any atom is -0.406 e. The van der Waals surface area contributed by atoms with E-state index in [2.05, 4.69) is 14.8 Å². The molecule has 0 unspecified atom stereocenters. The molecular formula is C17H17F3N2O4S. The Morgan fingerprint density at radius 3 is 2.19 bits per heavy atom. The molecule has 0 aromatic heterocycles. The number of hydrogen-bond acceptors (Lipinski definition) is 4. The highest BCUT2D eigenvalue weighted by molar-refractivity contribution is 7.92. The summed E-state index contributed by atoms with van der Waals surface area (Å²) in [5, 5.41) is 2.66. The van der Waals surface area contributed by atoms with Gasteiger partial charge in [-0.3, -0.25) is 9.52 Å². The van der Waals surface area contributed by atoms with E-state index in [0.717, 1.165) is 24.3 Å². The molecule has 0 aliphatic rings. The van der Waals surface area contributed by atoms with E-state index < -0.39 is 28.0 Å². The zero-order chi connectivity index (χ0) is 20.2. The van der Waals surface area contributed by atoms with Crippen LogP contribution in [-0.4, -0.2) is 26.7 Å². The summed E-state index contributed by atoms with van der Waals surface area (Å²) in [7, 11) is -4.13. The number of carbonyl (C=O) groups excluding carboxylic acids is 1. The normalized spacial score (nSPS) is 11.9. The van der Waals surface area contributed by atoms with Gasteiger partial charge in [-0.2, -0.15) is 0 Å². The van der Waals surface area contributed by atoms with Gasteiger partial charge in [0.15, 0.2) is 0 Å². The van der Waals surface area contributed by atoms with Gasteiger partial charge in [0, 0.05) is 6.04 Å². The van der Waals surface area contributed by atoms with Crippen LogP contribution in [0.3, 0.4) is 0 Å². The first-order valence-electron chi connectivity index (χ1n) is 7.76.